The fourth-order valence-corrected chi connectivity index (χ4v) is 6.16. The fourth-order valence-electron chi connectivity index (χ4n) is 5.11. The maximum absolute atomic E-state index is 16.6. The highest BCUT2D eigenvalue weighted by atomic mass is 35.5. The van der Waals surface area contributed by atoms with E-state index in [-0.39, 0.29) is 78.6 Å². The number of carbonyl (C=O) groups is 2. The van der Waals surface area contributed by atoms with Crippen LogP contribution in [0.1, 0.15) is 12.0 Å². The Hall–Kier alpha value is -4.54. The number of nitrogens with zero attached hydrogens (tertiary/aromatic N) is 6. The first kappa shape index (κ1) is 29.9. The van der Waals surface area contributed by atoms with Crippen LogP contribution in [0.25, 0.3) is 32.2 Å². The van der Waals surface area contributed by atoms with E-state index in [0.717, 1.165) is 11.3 Å². The summed E-state index contributed by atoms with van der Waals surface area (Å²) in [5, 5.41) is 13.7. The van der Waals surface area contributed by atoms with Crippen molar-refractivity contribution in [2.24, 2.45) is 0 Å². The Bertz CT molecular complexity index is 1830. The Labute approximate surface area is 254 Å². The zero-order valence-corrected chi connectivity index (χ0v) is 25.0. The van der Waals surface area contributed by atoms with Gasteiger partial charge in [0.2, 0.25) is 11.8 Å². The monoisotopic (exact) mass is 624 g/mol. The van der Waals surface area contributed by atoms with Crippen LogP contribution in [0.4, 0.5) is 25.4 Å². The molecule has 2 aromatic heterocycles. The van der Waals surface area contributed by atoms with E-state index in [9.17, 15) is 19.2 Å². The van der Waals surface area contributed by atoms with Gasteiger partial charge in [-0.05, 0) is 24.3 Å². The van der Waals surface area contributed by atoms with E-state index in [4.69, 9.17) is 17.3 Å². The number of thiazole rings is 1. The lowest BCUT2D eigenvalue weighted by atomic mass is 9.98. The summed E-state index contributed by atoms with van der Waals surface area (Å²) in [6, 6.07) is 6.31. The number of nitrogen functional groups attached to an aromatic ring is 1. The molecule has 1 fully saturated rings. The van der Waals surface area contributed by atoms with E-state index >= 15 is 4.39 Å². The smallest absolute Gasteiger partial charge is 0.246 e. The molecule has 0 aliphatic carbocycles. The molecule has 10 nitrogen and oxygen atoms in total. The number of piperazine rings is 1. The molecule has 1 saturated heterocycles. The number of nitrogens with one attached hydrogen (secondary N) is 1. The Morgan fingerprint density at radius 1 is 1.23 bits per heavy atom. The van der Waals surface area contributed by atoms with Crippen LogP contribution in [0, 0.1) is 23.0 Å². The number of hydrogen-bond acceptors (Lipinski definition) is 9. The van der Waals surface area contributed by atoms with Gasteiger partial charge in [-0.15, -0.1) is 0 Å². The first-order valence-electron chi connectivity index (χ1n) is 13.3. The van der Waals surface area contributed by atoms with Crippen molar-refractivity contribution in [2.45, 2.75) is 6.42 Å². The van der Waals surface area contributed by atoms with Crippen LogP contribution in [0.2, 0.25) is 5.02 Å². The summed E-state index contributed by atoms with van der Waals surface area (Å²) in [5.41, 5.74) is 6.68. The molecule has 222 valence electrons. The maximum Gasteiger partial charge on any atom is 0.246 e. The van der Waals surface area contributed by atoms with E-state index in [0.29, 0.717) is 31.9 Å². The van der Waals surface area contributed by atoms with Gasteiger partial charge in [0.1, 0.15) is 28.8 Å². The van der Waals surface area contributed by atoms with Crippen LogP contribution >= 0.6 is 22.9 Å². The minimum Gasteiger partial charge on any atom is -0.375 e. The standard InChI is InChI=1S/C29H27ClF2N8O2S/c1-4-20(41)39-9-11-40(12-10-39)26-16-13-18(30)22(15-5-6-19(31)27-25(15)37-29(34)43-27)23(32)24(16)36-28(17(26)14-33)35-8-7-21(42)38(2)3/h4-6,13H,1,7-12H2,2-3H3,(H2,34,37)(H,35,36). The molecule has 43 heavy (non-hydrogen) atoms. The molecule has 3 N–H and O–H groups in total. The molecule has 0 unspecified atom stereocenters. The first-order chi connectivity index (χ1) is 20.5. The van der Waals surface area contributed by atoms with Gasteiger partial charge in [0.05, 0.1) is 20.9 Å². The zero-order valence-electron chi connectivity index (χ0n) is 23.4. The normalized spacial score (nSPS) is 13.3. The molecule has 5 rings (SSSR count). The van der Waals surface area contributed by atoms with E-state index in [1.54, 1.807) is 19.0 Å². The topological polar surface area (TPSA) is 131 Å². The van der Waals surface area contributed by atoms with E-state index in [1.807, 2.05) is 4.90 Å². The Kier molecular flexibility index (Phi) is 8.34. The van der Waals surface area contributed by atoms with Crippen molar-refractivity contribution in [1.29, 1.82) is 5.26 Å². The number of nitrogens with two attached hydrogens (primary N) is 1. The third-order valence-electron chi connectivity index (χ3n) is 7.25. The van der Waals surface area contributed by atoms with Gasteiger partial charge < -0.3 is 25.8 Å². The number of pyridine rings is 1. The van der Waals surface area contributed by atoms with Crippen molar-refractivity contribution in [3.63, 3.8) is 0 Å². The van der Waals surface area contributed by atoms with Crippen LogP contribution < -0.4 is 16.0 Å². The number of carbonyl (C=O) groups excluding carboxylic acids is 2. The lowest BCUT2D eigenvalue weighted by Gasteiger charge is -2.37. The van der Waals surface area contributed by atoms with Crippen molar-refractivity contribution in [1.82, 2.24) is 19.8 Å². The molecule has 1 aliphatic rings. The van der Waals surface area contributed by atoms with E-state index in [2.05, 4.69) is 27.9 Å². The number of amides is 2. The van der Waals surface area contributed by atoms with E-state index in [1.165, 1.54) is 29.2 Å². The number of aromatic nitrogens is 2. The fraction of sp³-hybridized carbons (Fsp3) is 0.276. The summed E-state index contributed by atoms with van der Waals surface area (Å²) in [7, 11) is 3.27. The summed E-state index contributed by atoms with van der Waals surface area (Å²) in [5.74, 6) is -1.59. The molecule has 4 aromatic rings. The van der Waals surface area contributed by atoms with Crippen LogP contribution in [-0.2, 0) is 9.59 Å². The summed E-state index contributed by atoms with van der Waals surface area (Å²) in [4.78, 5) is 38.1. The van der Waals surface area contributed by atoms with Crippen molar-refractivity contribution in [3.8, 4) is 17.2 Å². The molecule has 0 spiro atoms. The number of anilines is 3. The van der Waals surface area contributed by atoms with Gasteiger partial charge >= 0.3 is 0 Å². The Morgan fingerprint density at radius 2 is 1.95 bits per heavy atom. The van der Waals surface area contributed by atoms with Gasteiger partial charge in [0.15, 0.2) is 10.9 Å². The maximum atomic E-state index is 16.6. The van der Waals surface area contributed by atoms with Crippen LogP contribution in [0.5, 0.6) is 0 Å². The molecule has 1 aliphatic heterocycles. The largest absolute Gasteiger partial charge is 0.375 e. The third-order valence-corrected chi connectivity index (χ3v) is 8.44. The Morgan fingerprint density at radius 3 is 2.60 bits per heavy atom. The lowest BCUT2D eigenvalue weighted by molar-refractivity contribution is -0.128. The molecule has 0 bridgehead atoms. The van der Waals surface area contributed by atoms with Gasteiger partial charge in [-0.3, -0.25) is 9.59 Å². The highest BCUT2D eigenvalue weighted by Gasteiger charge is 2.29. The second-order valence-electron chi connectivity index (χ2n) is 10.0. The van der Waals surface area contributed by atoms with E-state index < -0.39 is 11.6 Å². The molecule has 0 radical (unpaired) electrons. The molecule has 0 atom stereocenters. The minimum absolute atomic E-state index is 0.00850. The van der Waals surface area contributed by atoms with Gasteiger partial charge in [-0.2, -0.15) is 5.26 Å². The van der Waals surface area contributed by atoms with Crippen molar-refractivity contribution in [2.75, 3.05) is 62.8 Å². The molecule has 14 heteroatoms. The summed E-state index contributed by atoms with van der Waals surface area (Å²) in [6.45, 7) is 5.10. The predicted octanol–water partition coefficient (Wildman–Crippen LogP) is 4.62. The minimum atomic E-state index is -0.791. The lowest BCUT2D eigenvalue weighted by Crippen LogP contribution is -2.48. The molecule has 0 saturated carbocycles. The van der Waals surface area contributed by atoms with Crippen molar-refractivity contribution in [3.05, 3.63) is 53.1 Å². The van der Waals surface area contributed by atoms with Crippen LogP contribution in [0.3, 0.4) is 0 Å². The predicted molar refractivity (Wildman–Crippen MR) is 165 cm³/mol. The number of hydrogen-bond donors (Lipinski definition) is 2. The number of nitriles is 1. The molecule has 3 heterocycles. The van der Waals surface area contributed by atoms with Crippen molar-refractivity contribution >= 4 is 72.5 Å². The number of rotatable bonds is 7. The third kappa shape index (κ3) is 5.51. The number of benzene rings is 2. The quantitative estimate of drug-likeness (QED) is 0.285. The summed E-state index contributed by atoms with van der Waals surface area (Å²) < 4.78 is 31.3. The van der Waals surface area contributed by atoms with Gasteiger partial charge in [0, 0.05) is 69.8 Å². The first-order valence-corrected chi connectivity index (χ1v) is 14.5. The Balaban J connectivity index is 1.70. The van der Waals surface area contributed by atoms with Crippen LogP contribution in [-0.4, -0.2) is 78.4 Å². The van der Waals surface area contributed by atoms with Gasteiger partial charge in [-0.1, -0.05) is 29.5 Å². The SMILES string of the molecule is C=CC(=O)N1CCN(c2c(C#N)c(NCCC(=O)N(C)C)nc3c(F)c(-c4ccc(F)c5sc(N)nc45)c(Cl)cc23)CC1. The van der Waals surface area contributed by atoms with Gasteiger partial charge in [0.25, 0.3) is 0 Å². The highest BCUT2D eigenvalue weighted by molar-refractivity contribution is 7.22. The number of halogens is 3. The number of fused-ring (bicyclic) bond motifs is 2. The average molecular weight is 625 g/mol. The second kappa shape index (κ2) is 12.0. The summed E-state index contributed by atoms with van der Waals surface area (Å²) in [6.07, 6.45) is 1.36. The molecular formula is C29H27ClF2N8O2S. The molecule has 2 aromatic carbocycles. The highest BCUT2D eigenvalue weighted by Crippen LogP contribution is 2.44. The van der Waals surface area contributed by atoms with Crippen LogP contribution in [0.15, 0.2) is 30.9 Å². The van der Waals surface area contributed by atoms with Crippen molar-refractivity contribution < 1.29 is 18.4 Å². The summed E-state index contributed by atoms with van der Waals surface area (Å²) >= 11 is 7.67. The molecule has 2 amide bonds. The zero-order chi connectivity index (χ0) is 31.0. The average Bonchev–Trinajstić information content (AvgIpc) is 3.39. The molecular weight excluding hydrogens is 598 g/mol. The second-order valence-corrected chi connectivity index (χ2v) is 11.5. The van der Waals surface area contributed by atoms with Gasteiger partial charge in [-0.25, -0.2) is 18.7 Å².